The molecule has 3 rings (SSSR count). The van der Waals surface area contributed by atoms with Crippen molar-refractivity contribution in [2.75, 3.05) is 13.1 Å². The van der Waals surface area contributed by atoms with E-state index in [9.17, 15) is 9.59 Å². The number of carbonyl (C=O) groups is 2. The molecule has 0 saturated carbocycles. The van der Waals surface area contributed by atoms with Crippen LogP contribution in [0.5, 0.6) is 0 Å². The molecule has 2 aromatic rings. The van der Waals surface area contributed by atoms with Crippen LogP contribution in [-0.2, 0) is 0 Å². The first-order valence-corrected chi connectivity index (χ1v) is 9.27. The second kappa shape index (κ2) is 8.61. The lowest BCUT2D eigenvalue weighted by atomic mass is 10.1. The number of rotatable bonds is 4. The predicted molar refractivity (Wildman–Crippen MR) is 101 cm³/mol. The Hall–Kier alpha value is -2.69. The zero-order chi connectivity index (χ0) is 18.4. The first kappa shape index (κ1) is 18.1. The van der Waals surface area contributed by atoms with Crippen LogP contribution in [0.25, 0.3) is 0 Å². The molecular formula is C21H25N3O2. The van der Waals surface area contributed by atoms with Gasteiger partial charge >= 0.3 is 0 Å². The summed E-state index contributed by atoms with van der Waals surface area (Å²) in [6.07, 6.45) is 4.38. The summed E-state index contributed by atoms with van der Waals surface area (Å²) in [5, 5.41) is 2.94. The minimum absolute atomic E-state index is 0.0855. The summed E-state index contributed by atoms with van der Waals surface area (Å²) in [6.45, 7) is 3.46. The maximum atomic E-state index is 12.7. The molecule has 0 spiro atoms. The van der Waals surface area contributed by atoms with Crippen molar-refractivity contribution < 1.29 is 9.59 Å². The summed E-state index contributed by atoms with van der Waals surface area (Å²) >= 11 is 0. The fourth-order valence-electron chi connectivity index (χ4n) is 3.21. The summed E-state index contributed by atoms with van der Waals surface area (Å²) in [7, 11) is 0. The van der Waals surface area contributed by atoms with Gasteiger partial charge in [0.25, 0.3) is 11.8 Å². The van der Waals surface area contributed by atoms with E-state index >= 15 is 0 Å². The third-order valence-electron chi connectivity index (χ3n) is 4.74. The van der Waals surface area contributed by atoms with Gasteiger partial charge in [-0.25, -0.2) is 4.98 Å². The molecule has 5 nitrogen and oxygen atoms in total. The molecule has 5 heteroatoms. The van der Waals surface area contributed by atoms with E-state index in [1.807, 2.05) is 42.2 Å². The van der Waals surface area contributed by atoms with Crippen molar-refractivity contribution in [3.63, 3.8) is 0 Å². The van der Waals surface area contributed by atoms with Crippen LogP contribution in [0.4, 0.5) is 0 Å². The lowest BCUT2D eigenvalue weighted by molar-refractivity contribution is 0.0755. The smallest absolute Gasteiger partial charge is 0.272 e. The predicted octanol–water partition coefficient (Wildman–Crippen LogP) is 3.59. The molecule has 1 atom stereocenters. The molecule has 2 heterocycles. The number of likely N-dealkylation sites (tertiary alicyclic amines) is 1. The average Bonchev–Trinajstić information content (AvgIpc) is 2.97. The SMILES string of the molecule is CC(NC(=O)c1cccc(C(=O)N2CCCCCC2)n1)c1ccccc1. The average molecular weight is 351 g/mol. The third-order valence-corrected chi connectivity index (χ3v) is 4.74. The number of nitrogens with zero attached hydrogens (tertiary/aromatic N) is 2. The maximum absolute atomic E-state index is 12.7. The second-order valence-electron chi connectivity index (χ2n) is 6.72. The number of pyridine rings is 1. The van der Waals surface area contributed by atoms with Gasteiger partial charge in [-0.3, -0.25) is 9.59 Å². The van der Waals surface area contributed by atoms with Gasteiger partial charge in [-0.05, 0) is 37.5 Å². The van der Waals surface area contributed by atoms with Crippen molar-refractivity contribution in [2.24, 2.45) is 0 Å². The molecule has 1 aliphatic rings. The van der Waals surface area contributed by atoms with Crippen LogP contribution in [-0.4, -0.2) is 34.8 Å². The van der Waals surface area contributed by atoms with Crippen LogP contribution in [0.1, 0.15) is 65.2 Å². The van der Waals surface area contributed by atoms with Crippen LogP contribution in [0.3, 0.4) is 0 Å². The second-order valence-corrected chi connectivity index (χ2v) is 6.72. The first-order valence-electron chi connectivity index (χ1n) is 9.27. The van der Waals surface area contributed by atoms with Crippen molar-refractivity contribution in [3.8, 4) is 0 Å². The standard InChI is InChI=1S/C21H25N3O2/c1-16(17-10-5-4-6-11-17)22-20(25)18-12-9-13-19(23-18)21(26)24-14-7-2-3-8-15-24/h4-6,9-13,16H,2-3,7-8,14-15H2,1H3,(H,22,25). The molecular weight excluding hydrogens is 326 g/mol. The van der Waals surface area contributed by atoms with Gasteiger partial charge < -0.3 is 10.2 Å². The Bertz CT molecular complexity index is 753. The zero-order valence-electron chi connectivity index (χ0n) is 15.1. The largest absolute Gasteiger partial charge is 0.344 e. The Labute approximate surface area is 154 Å². The number of benzene rings is 1. The van der Waals surface area contributed by atoms with Crippen molar-refractivity contribution in [2.45, 2.75) is 38.6 Å². The number of carbonyl (C=O) groups excluding carboxylic acids is 2. The molecule has 1 aromatic carbocycles. The van der Waals surface area contributed by atoms with E-state index in [0.29, 0.717) is 5.69 Å². The molecule has 26 heavy (non-hydrogen) atoms. The lowest BCUT2D eigenvalue weighted by Crippen LogP contribution is -2.33. The van der Waals surface area contributed by atoms with E-state index in [4.69, 9.17) is 0 Å². The van der Waals surface area contributed by atoms with Crippen LogP contribution in [0.2, 0.25) is 0 Å². The highest BCUT2D eigenvalue weighted by Gasteiger charge is 2.20. The van der Waals surface area contributed by atoms with E-state index in [2.05, 4.69) is 10.3 Å². The molecule has 1 saturated heterocycles. The lowest BCUT2D eigenvalue weighted by Gasteiger charge is -2.20. The Morgan fingerprint density at radius 1 is 0.923 bits per heavy atom. The number of hydrogen-bond donors (Lipinski definition) is 1. The minimum Gasteiger partial charge on any atom is -0.344 e. The van der Waals surface area contributed by atoms with Crippen LogP contribution < -0.4 is 5.32 Å². The molecule has 136 valence electrons. The zero-order valence-corrected chi connectivity index (χ0v) is 15.1. The number of nitrogens with one attached hydrogen (secondary N) is 1. The number of amides is 2. The molecule has 1 fully saturated rings. The molecule has 2 amide bonds. The highest BCUT2D eigenvalue weighted by Crippen LogP contribution is 2.14. The van der Waals surface area contributed by atoms with Gasteiger partial charge in [-0.15, -0.1) is 0 Å². The quantitative estimate of drug-likeness (QED) is 0.916. The number of hydrogen-bond acceptors (Lipinski definition) is 3. The fraction of sp³-hybridized carbons (Fsp3) is 0.381. The Balaban J connectivity index is 1.70. The minimum atomic E-state index is -0.271. The van der Waals surface area contributed by atoms with Crippen molar-refractivity contribution in [1.82, 2.24) is 15.2 Å². The molecule has 0 bridgehead atoms. The molecule has 0 aliphatic carbocycles. The van der Waals surface area contributed by atoms with Crippen molar-refractivity contribution in [3.05, 3.63) is 65.5 Å². The normalized spacial score (nSPS) is 15.8. The van der Waals surface area contributed by atoms with E-state index in [-0.39, 0.29) is 23.6 Å². The van der Waals surface area contributed by atoms with Gasteiger partial charge in [0.15, 0.2) is 0 Å². The first-order chi connectivity index (χ1) is 12.6. The van der Waals surface area contributed by atoms with Gasteiger partial charge in [0.1, 0.15) is 11.4 Å². The summed E-state index contributed by atoms with van der Waals surface area (Å²) in [5.41, 5.74) is 1.64. The Morgan fingerprint density at radius 2 is 1.58 bits per heavy atom. The van der Waals surface area contributed by atoms with E-state index in [1.54, 1.807) is 18.2 Å². The van der Waals surface area contributed by atoms with Gasteiger partial charge in [0.05, 0.1) is 6.04 Å². The third kappa shape index (κ3) is 4.48. The van der Waals surface area contributed by atoms with Crippen LogP contribution >= 0.6 is 0 Å². The topological polar surface area (TPSA) is 62.3 Å². The van der Waals surface area contributed by atoms with E-state index in [1.165, 1.54) is 0 Å². The fourth-order valence-corrected chi connectivity index (χ4v) is 3.21. The number of aromatic nitrogens is 1. The summed E-state index contributed by atoms with van der Waals surface area (Å²) < 4.78 is 0. The van der Waals surface area contributed by atoms with Gasteiger partial charge in [0, 0.05) is 13.1 Å². The summed E-state index contributed by atoms with van der Waals surface area (Å²) in [6, 6.07) is 14.7. The molecule has 1 aromatic heterocycles. The van der Waals surface area contributed by atoms with Crippen molar-refractivity contribution >= 4 is 11.8 Å². The van der Waals surface area contributed by atoms with Crippen molar-refractivity contribution in [1.29, 1.82) is 0 Å². The van der Waals surface area contributed by atoms with Gasteiger partial charge in [0.2, 0.25) is 0 Å². The van der Waals surface area contributed by atoms with Crippen LogP contribution in [0.15, 0.2) is 48.5 Å². The molecule has 1 aliphatic heterocycles. The summed E-state index contributed by atoms with van der Waals surface area (Å²) in [4.78, 5) is 31.4. The monoisotopic (exact) mass is 351 g/mol. The van der Waals surface area contributed by atoms with Gasteiger partial charge in [-0.1, -0.05) is 49.2 Å². The molecule has 1 unspecified atom stereocenters. The molecule has 1 N–H and O–H groups in total. The highest BCUT2D eigenvalue weighted by atomic mass is 16.2. The van der Waals surface area contributed by atoms with Gasteiger partial charge in [-0.2, -0.15) is 0 Å². The Morgan fingerprint density at radius 3 is 2.27 bits per heavy atom. The Kier molecular flexibility index (Phi) is 6.00. The molecule has 0 radical (unpaired) electrons. The highest BCUT2D eigenvalue weighted by molar-refractivity contribution is 5.96. The van der Waals surface area contributed by atoms with E-state index < -0.39 is 0 Å². The summed E-state index contributed by atoms with van der Waals surface area (Å²) in [5.74, 6) is -0.357. The van der Waals surface area contributed by atoms with Crippen LogP contribution in [0, 0.1) is 0 Å². The maximum Gasteiger partial charge on any atom is 0.272 e. The van der Waals surface area contributed by atoms with E-state index in [0.717, 1.165) is 44.3 Å².